The lowest BCUT2D eigenvalue weighted by Crippen LogP contribution is -2.01. The normalized spacial score (nSPS) is 10.7. The smallest absolute Gasteiger partial charge is 0.183 e. The van der Waals surface area contributed by atoms with Gasteiger partial charge in [0, 0.05) is 20.0 Å². The monoisotopic (exact) mass is 428 g/mol. The molecule has 2 nitrogen and oxygen atoms in total. The number of rotatable bonds is 3. The molecule has 1 heterocycles. The van der Waals surface area contributed by atoms with Gasteiger partial charge in [-0.1, -0.05) is 23.2 Å². The van der Waals surface area contributed by atoms with E-state index in [1.54, 1.807) is 6.20 Å². The highest BCUT2D eigenvalue weighted by atomic mass is 79.9. The fraction of sp³-hybridized carbons (Fsp3) is 0.182. The van der Waals surface area contributed by atoms with Gasteiger partial charge in [-0.05, 0) is 50.4 Å². The second kappa shape index (κ2) is 6.09. The summed E-state index contributed by atoms with van der Waals surface area (Å²) in [7, 11) is 0. The predicted octanol–water partition coefficient (Wildman–Crippen LogP) is 5.90. The van der Waals surface area contributed by atoms with Crippen molar-refractivity contribution in [1.29, 1.82) is 0 Å². The van der Waals surface area contributed by atoms with Crippen molar-refractivity contribution in [2.75, 3.05) is 5.32 Å². The van der Waals surface area contributed by atoms with Crippen LogP contribution in [0, 0.1) is 6.92 Å². The maximum absolute atomic E-state index is 6.20. The van der Waals surface area contributed by atoms with Crippen LogP contribution in [0.1, 0.15) is 10.4 Å². The van der Waals surface area contributed by atoms with Gasteiger partial charge in [0.2, 0.25) is 0 Å². The molecule has 0 bridgehead atoms. The first-order valence-corrected chi connectivity index (χ1v) is 8.13. The summed E-state index contributed by atoms with van der Waals surface area (Å²) in [5.74, 6) is 0. The summed E-state index contributed by atoms with van der Waals surface area (Å²) in [4.78, 5) is 5.08. The van der Waals surface area contributed by atoms with Gasteiger partial charge in [0.1, 0.15) is 0 Å². The van der Waals surface area contributed by atoms with Gasteiger partial charge in [-0.25, -0.2) is 4.98 Å². The topological polar surface area (TPSA) is 24.9 Å². The van der Waals surface area contributed by atoms with E-state index in [0.717, 1.165) is 25.1 Å². The molecule has 0 radical (unpaired) electrons. The first kappa shape index (κ1) is 14.6. The molecule has 0 aliphatic rings. The number of anilines is 1. The number of benzene rings is 1. The number of hydrogen-bond donors (Lipinski definition) is 1. The van der Waals surface area contributed by atoms with E-state index in [1.807, 2.05) is 13.0 Å². The van der Waals surface area contributed by atoms with E-state index in [2.05, 4.69) is 42.2 Å². The maximum Gasteiger partial charge on any atom is 0.183 e. The molecule has 2 aromatic rings. The van der Waals surface area contributed by atoms with Gasteiger partial charge >= 0.3 is 0 Å². The van der Waals surface area contributed by atoms with Crippen LogP contribution in [0.15, 0.2) is 21.2 Å². The lowest BCUT2D eigenvalue weighted by molar-refractivity contribution is 1.16. The Morgan fingerprint density at radius 1 is 1.33 bits per heavy atom. The van der Waals surface area contributed by atoms with E-state index >= 15 is 0 Å². The average Bonchev–Trinajstić information content (AvgIpc) is 2.72. The first-order chi connectivity index (χ1) is 8.49. The van der Waals surface area contributed by atoms with E-state index in [-0.39, 0.29) is 0 Å². The van der Waals surface area contributed by atoms with Gasteiger partial charge in [0.25, 0.3) is 0 Å². The minimum Gasteiger partial charge on any atom is -0.379 e. The van der Waals surface area contributed by atoms with E-state index < -0.39 is 0 Å². The molecule has 0 atom stereocenters. The second-order valence-corrected chi connectivity index (χ2v) is 7.37. The van der Waals surface area contributed by atoms with Gasteiger partial charge < -0.3 is 5.32 Å². The molecule has 7 heteroatoms. The molecular weight excluding hydrogens is 423 g/mol. The van der Waals surface area contributed by atoms with Crippen LogP contribution in [-0.4, -0.2) is 4.98 Å². The fourth-order valence-electron chi connectivity index (χ4n) is 1.47. The van der Waals surface area contributed by atoms with Crippen molar-refractivity contribution in [3.05, 3.63) is 41.1 Å². The van der Waals surface area contributed by atoms with Crippen LogP contribution in [0.5, 0.6) is 0 Å². The number of aromatic nitrogens is 1. The van der Waals surface area contributed by atoms with Gasteiger partial charge in [0.15, 0.2) is 4.47 Å². The summed E-state index contributed by atoms with van der Waals surface area (Å²) in [6.07, 6.45) is 1.77. The quantitative estimate of drug-likeness (QED) is 0.613. The minimum atomic E-state index is 0.552. The summed E-state index contributed by atoms with van der Waals surface area (Å²) in [6.45, 7) is 2.64. The van der Waals surface area contributed by atoms with E-state index in [0.29, 0.717) is 16.0 Å². The van der Waals surface area contributed by atoms with Crippen LogP contribution in [0.3, 0.4) is 0 Å². The molecular formula is C11H8Br2Cl2N2S. The zero-order valence-corrected chi connectivity index (χ0v) is 14.7. The van der Waals surface area contributed by atoms with Gasteiger partial charge in [-0.3, -0.25) is 0 Å². The zero-order valence-electron chi connectivity index (χ0n) is 9.23. The SMILES string of the molecule is Cc1c(Cl)c(Br)cc(Br)c1NCc1cnc(Cl)s1. The van der Waals surface area contributed by atoms with Crippen molar-refractivity contribution in [1.82, 2.24) is 4.98 Å². The Bertz CT molecular complexity index is 587. The van der Waals surface area contributed by atoms with Crippen LogP contribution in [0.25, 0.3) is 0 Å². The third-order valence-electron chi connectivity index (χ3n) is 2.37. The Morgan fingerprint density at radius 3 is 2.67 bits per heavy atom. The highest BCUT2D eigenvalue weighted by Crippen LogP contribution is 2.37. The standard InChI is InChI=1S/C11H8Br2Cl2N2S/c1-5-9(14)7(12)2-8(13)10(5)16-3-6-4-17-11(15)18-6/h2,4,16H,3H2,1H3. The van der Waals surface area contributed by atoms with Crippen molar-refractivity contribution in [3.63, 3.8) is 0 Å². The number of nitrogens with one attached hydrogen (secondary N) is 1. The molecule has 0 spiro atoms. The summed E-state index contributed by atoms with van der Waals surface area (Å²) in [5, 5.41) is 4.05. The maximum atomic E-state index is 6.20. The minimum absolute atomic E-state index is 0.552. The molecule has 96 valence electrons. The molecule has 1 aromatic carbocycles. The van der Waals surface area contributed by atoms with E-state index in [9.17, 15) is 0 Å². The third kappa shape index (κ3) is 3.20. The lowest BCUT2D eigenvalue weighted by atomic mass is 10.2. The van der Waals surface area contributed by atoms with E-state index in [1.165, 1.54) is 11.3 Å². The largest absolute Gasteiger partial charge is 0.379 e. The van der Waals surface area contributed by atoms with Crippen LogP contribution < -0.4 is 5.32 Å². The number of nitrogens with zero attached hydrogens (tertiary/aromatic N) is 1. The highest BCUT2D eigenvalue weighted by molar-refractivity contribution is 9.11. The van der Waals surface area contributed by atoms with Crippen LogP contribution in [-0.2, 0) is 6.54 Å². The Kier molecular flexibility index (Phi) is 4.94. The van der Waals surface area contributed by atoms with Crippen LogP contribution in [0.2, 0.25) is 9.49 Å². The summed E-state index contributed by atoms with van der Waals surface area (Å²) >= 11 is 20.4. The van der Waals surface area contributed by atoms with Crippen molar-refractivity contribution >= 4 is 72.1 Å². The Balaban J connectivity index is 2.22. The van der Waals surface area contributed by atoms with Crippen molar-refractivity contribution in [2.45, 2.75) is 13.5 Å². The predicted molar refractivity (Wildman–Crippen MR) is 86.0 cm³/mol. The zero-order chi connectivity index (χ0) is 13.3. The molecule has 0 aliphatic carbocycles. The summed E-state index contributed by atoms with van der Waals surface area (Å²) in [6, 6.07) is 1.93. The van der Waals surface area contributed by atoms with Gasteiger partial charge in [-0.15, -0.1) is 11.3 Å². The fourth-order valence-corrected chi connectivity index (χ4v) is 4.04. The molecule has 0 saturated carbocycles. The molecule has 0 aliphatic heterocycles. The third-order valence-corrected chi connectivity index (χ3v) is 5.45. The Hall–Kier alpha value is 0.190. The Labute approximate surface area is 136 Å². The molecule has 0 fully saturated rings. The molecule has 0 saturated heterocycles. The molecule has 1 N–H and O–H groups in total. The summed E-state index contributed by atoms with van der Waals surface area (Å²) in [5.41, 5.74) is 1.97. The Morgan fingerprint density at radius 2 is 2.06 bits per heavy atom. The summed E-state index contributed by atoms with van der Waals surface area (Å²) < 4.78 is 2.39. The molecule has 2 rings (SSSR count). The molecule has 1 aromatic heterocycles. The lowest BCUT2D eigenvalue weighted by Gasteiger charge is -2.13. The molecule has 0 unspecified atom stereocenters. The van der Waals surface area contributed by atoms with Crippen LogP contribution in [0.4, 0.5) is 5.69 Å². The number of thiazole rings is 1. The van der Waals surface area contributed by atoms with Crippen LogP contribution >= 0.6 is 66.4 Å². The van der Waals surface area contributed by atoms with Crippen molar-refractivity contribution in [3.8, 4) is 0 Å². The highest BCUT2D eigenvalue weighted by Gasteiger charge is 2.11. The average molecular weight is 431 g/mol. The van der Waals surface area contributed by atoms with Crippen molar-refractivity contribution < 1.29 is 0 Å². The molecule has 18 heavy (non-hydrogen) atoms. The first-order valence-electron chi connectivity index (χ1n) is 4.97. The molecule has 0 amide bonds. The number of hydrogen-bond acceptors (Lipinski definition) is 3. The van der Waals surface area contributed by atoms with Gasteiger partial charge in [-0.2, -0.15) is 0 Å². The van der Waals surface area contributed by atoms with Crippen molar-refractivity contribution in [2.24, 2.45) is 0 Å². The second-order valence-electron chi connectivity index (χ2n) is 3.59. The van der Waals surface area contributed by atoms with E-state index in [4.69, 9.17) is 23.2 Å². The number of halogens is 4. The van der Waals surface area contributed by atoms with Gasteiger partial charge in [0.05, 0.1) is 17.3 Å².